The van der Waals surface area contributed by atoms with Crippen molar-refractivity contribution in [3.8, 4) is 12.5 Å². The fourth-order valence-corrected chi connectivity index (χ4v) is 4.64. The van der Waals surface area contributed by atoms with Gasteiger partial charge < -0.3 is 15.4 Å². The van der Waals surface area contributed by atoms with Crippen LogP contribution in [0.3, 0.4) is 0 Å². The molecule has 0 bridgehead atoms. The largest absolute Gasteiger partial charge is 0.444 e. The monoisotopic (exact) mass is 573 g/mol. The molecule has 3 aromatic rings. The van der Waals surface area contributed by atoms with Crippen LogP contribution in [-0.2, 0) is 20.7 Å². The average molecular weight is 574 g/mol. The second-order valence-corrected chi connectivity index (χ2v) is 11.3. The van der Waals surface area contributed by atoms with Crippen LogP contribution in [0.4, 0.5) is 10.5 Å². The van der Waals surface area contributed by atoms with Crippen LogP contribution in [0, 0.1) is 33.2 Å². The number of halogens is 1. The quantitative estimate of drug-likeness (QED) is 0.238. The molecule has 7 nitrogen and oxygen atoms in total. The van der Waals surface area contributed by atoms with Crippen molar-refractivity contribution in [2.24, 2.45) is 0 Å². The van der Waals surface area contributed by atoms with E-state index in [1.54, 1.807) is 32.9 Å². The van der Waals surface area contributed by atoms with Crippen molar-refractivity contribution in [1.82, 2.24) is 10.2 Å². The van der Waals surface area contributed by atoms with Crippen LogP contribution in [0.25, 0.3) is 0 Å². The minimum atomic E-state index is -1.22. The van der Waals surface area contributed by atoms with Gasteiger partial charge in [0.05, 0.1) is 10.7 Å². The number of para-hydroxylation sites is 1. The molecule has 3 rings (SSSR count). The van der Waals surface area contributed by atoms with Crippen LogP contribution >= 0.6 is 11.6 Å². The highest BCUT2D eigenvalue weighted by atomic mass is 35.5. The summed E-state index contributed by atoms with van der Waals surface area (Å²) in [6.45, 7) is 10.7. The van der Waals surface area contributed by atoms with Gasteiger partial charge in [-0.1, -0.05) is 84.3 Å². The first-order chi connectivity index (χ1) is 19.3. The molecule has 0 saturated heterocycles. The Bertz CT molecular complexity index is 1440. The van der Waals surface area contributed by atoms with Gasteiger partial charge >= 0.3 is 6.09 Å². The van der Waals surface area contributed by atoms with Gasteiger partial charge in [-0.15, -0.1) is 0 Å². The van der Waals surface area contributed by atoms with E-state index in [0.29, 0.717) is 16.3 Å². The van der Waals surface area contributed by atoms with Crippen LogP contribution in [0.1, 0.15) is 54.6 Å². The van der Waals surface area contributed by atoms with E-state index in [1.165, 1.54) is 0 Å². The number of amides is 3. The topological polar surface area (TPSA) is 87.7 Å². The fourth-order valence-electron chi connectivity index (χ4n) is 4.37. The van der Waals surface area contributed by atoms with Crippen molar-refractivity contribution >= 4 is 35.2 Å². The molecule has 0 aliphatic carbocycles. The first-order valence-corrected chi connectivity index (χ1v) is 13.6. The summed E-state index contributed by atoms with van der Waals surface area (Å²) in [6, 6.07) is 20.2. The van der Waals surface area contributed by atoms with Crippen molar-refractivity contribution in [2.45, 2.75) is 65.6 Å². The van der Waals surface area contributed by atoms with Gasteiger partial charge in [-0.05, 0) is 69.9 Å². The summed E-state index contributed by atoms with van der Waals surface area (Å²) in [7, 11) is 0. The van der Waals surface area contributed by atoms with Crippen LogP contribution < -0.4 is 10.6 Å². The van der Waals surface area contributed by atoms with Gasteiger partial charge in [0.25, 0.3) is 11.8 Å². The lowest BCUT2D eigenvalue weighted by Crippen LogP contribution is -2.52. The van der Waals surface area contributed by atoms with Crippen LogP contribution in [0.15, 0.2) is 66.7 Å². The molecule has 41 heavy (non-hydrogen) atoms. The van der Waals surface area contributed by atoms with E-state index in [0.717, 1.165) is 27.2 Å². The number of hydrogen-bond donors (Lipinski definition) is 2. The van der Waals surface area contributed by atoms with E-state index in [1.807, 2.05) is 75.4 Å². The third kappa shape index (κ3) is 8.36. The molecule has 0 fully saturated rings. The van der Waals surface area contributed by atoms with Gasteiger partial charge in [0, 0.05) is 12.5 Å². The number of rotatable bonds is 8. The molecule has 2 N–H and O–H groups in total. The Balaban J connectivity index is 2.08. The van der Waals surface area contributed by atoms with Crippen molar-refractivity contribution in [3.05, 3.63) is 99.6 Å². The highest BCUT2D eigenvalue weighted by molar-refractivity contribution is 6.34. The van der Waals surface area contributed by atoms with Gasteiger partial charge in [0.15, 0.2) is 0 Å². The molecule has 0 radical (unpaired) electrons. The van der Waals surface area contributed by atoms with Crippen LogP contribution in [-0.4, -0.2) is 34.5 Å². The van der Waals surface area contributed by atoms with E-state index in [-0.39, 0.29) is 6.42 Å². The number of hydrogen-bond acceptors (Lipinski definition) is 4. The van der Waals surface area contributed by atoms with Crippen LogP contribution in [0.5, 0.6) is 0 Å². The van der Waals surface area contributed by atoms with E-state index in [4.69, 9.17) is 22.8 Å². The number of nitrogens with zero attached hydrogens (tertiary/aromatic N) is 1. The second-order valence-electron chi connectivity index (χ2n) is 10.9. The smallest absolute Gasteiger partial charge is 0.408 e. The van der Waals surface area contributed by atoms with E-state index < -0.39 is 35.6 Å². The molecule has 0 aliphatic heterocycles. The zero-order chi connectivity index (χ0) is 30.3. The molecule has 214 valence electrons. The standard InChI is InChI=1S/C33H36ClN3O4/c1-8-37(31(39)27(20-24-14-10-9-11-15-24)35-32(40)41-33(5,6)7)29(25-19-21(2)17-18-22(25)3)30(38)36-28-23(4)13-12-16-26(28)34/h1,9-19,27,29H,20H2,2-7H3,(H,35,40)(H,36,38). The maximum absolute atomic E-state index is 14.2. The van der Waals surface area contributed by atoms with E-state index in [9.17, 15) is 14.4 Å². The summed E-state index contributed by atoms with van der Waals surface area (Å²) in [4.78, 5) is 42.0. The number of anilines is 1. The first-order valence-electron chi connectivity index (χ1n) is 13.3. The molecular formula is C33H36ClN3O4. The summed E-state index contributed by atoms with van der Waals surface area (Å²) in [5.74, 6) is -1.18. The van der Waals surface area contributed by atoms with E-state index >= 15 is 0 Å². The Morgan fingerprint density at radius 1 is 0.976 bits per heavy atom. The molecule has 2 unspecified atom stereocenters. The molecule has 2 atom stereocenters. The zero-order valence-corrected chi connectivity index (χ0v) is 25.0. The fraction of sp³-hybridized carbons (Fsp3) is 0.303. The number of alkyl carbamates (subject to hydrolysis) is 1. The van der Waals surface area contributed by atoms with Gasteiger partial charge in [-0.25, -0.2) is 4.79 Å². The third-order valence-corrected chi connectivity index (χ3v) is 6.67. The van der Waals surface area contributed by atoms with Crippen molar-refractivity contribution in [2.75, 3.05) is 5.32 Å². The number of ether oxygens (including phenoxy) is 1. The maximum Gasteiger partial charge on any atom is 0.408 e. The highest BCUT2D eigenvalue weighted by Crippen LogP contribution is 2.31. The predicted molar refractivity (Wildman–Crippen MR) is 162 cm³/mol. The Morgan fingerprint density at radius 2 is 1.66 bits per heavy atom. The number of terminal acetylenes is 1. The number of carbonyl (C=O) groups is 3. The Morgan fingerprint density at radius 3 is 2.27 bits per heavy atom. The molecule has 8 heteroatoms. The predicted octanol–water partition coefficient (Wildman–Crippen LogP) is 6.50. The third-order valence-electron chi connectivity index (χ3n) is 6.35. The SMILES string of the molecule is C#CN(C(=O)C(Cc1ccccc1)NC(=O)OC(C)(C)C)C(C(=O)Nc1c(C)cccc1Cl)c1cc(C)ccc1C. The minimum Gasteiger partial charge on any atom is -0.444 e. The van der Waals surface area contributed by atoms with Gasteiger partial charge in [0.1, 0.15) is 17.7 Å². The van der Waals surface area contributed by atoms with E-state index in [2.05, 4.69) is 16.7 Å². The zero-order valence-electron chi connectivity index (χ0n) is 24.2. The molecule has 0 saturated carbocycles. The van der Waals surface area contributed by atoms with Crippen molar-refractivity contribution in [3.63, 3.8) is 0 Å². The maximum atomic E-state index is 14.2. The Hall–Kier alpha value is -4.28. The summed E-state index contributed by atoms with van der Waals surface area (Å²) >= 11 is 6.41. The summed E-state index contributed by atoms with van der Waals surface area (Å²) in [6.07, 6.45) is 5.31. The highest BCUT2D eigenvalue weighted by Gasteiger charge is 2.37. The van der Waals surface area contributed by atoms with Gasteiger partial charge in [0.2, 0.25) is 0 Å². The van der Waals surface area contributed by atoms with Crippen molar-refractivity contribution < 1.29 is 19.1 Å². The number of aryl methyl sites for hydroxylation is 3. The van der Waals surface area contributed by atoms with Gasteiger partial charge in [-0.3, -0.25) is 14.5 Å². The minimum absolute atomic E-state index is 0.127. The van der Waals surface area contributed by atoms with Crippen molar-refractivity contribution in [1.29, 1.82) is 0 Å². The second kappa shape index (κ2) is 13.4. The summed E-state index contributed by atoms with van der Waals surface area (Å²) in [5.41, 5.74) is 3.37. The molecular weight excluding hydrogens is 538 g/mol. The summed E-state index contributed by atoms with van der Waals surface area (Å²) in [5, 5.41) is 5.91. The lowest BCUT2D eigenvalue weighted by Gasteiger charge is -2.31. The first kappa shape index (κ1) is 31.3. The average Bonchev–Trinajstić information content (AvgIpc) is 2.89. The number of benzene rings is 3. The number of carbonyl (C=O) groups excluding carboxylic acids is 3. The molecule has 0 heterocycles. The lowest BCUT2D eigenvalue weighted by atomic mass is 9.95. The normalized spacial score (nSPS) is 12.4. The lowest BCUT2D eigenvalue weighted by molar-refractivity contribution is -0.136. The molecule has 0 aliphatic rings. The molecule has 0 spiro atoms. The summed E-state index contributed by atoms with van der Waals surface area (Å²) < 4.78 is 5.44. The van der Waals surface area contributed by atoms with Gasteiger partial charge in [-0.2, -0.15) is 0 Å². The molecule has 3 amide bonds. The Labute approximate surface area is 247 Å². The van der Waals surface area contributed by atoms with Crippen LogP contribution in [0.2, 0.25) is 5.02 Å². The number of nitrogens with one attached hydrogen (secondary N) is 2. The molecule has 0 aromatic heterocycles. The molecule has 3 aromatic carbocycles. The Kier molecular flexibility index (Phi) is 10.2.